The van der Waals surface area contributed by atoms with E-state index in [0.29, 0.717) is 17.3 Å². The van der Waals surface area contributed by atoms with Crippen molar-refractivity contribution in [2.75, 3.05) is 0 Å². The molecule has 2 bridgehead atoms. The fourth-order valence-corrected chi connectivity index (χ4v) is 6.44. The number of aliphatic hydroxyl groups is 1. The molecule has 5 rings (SSSR count). The first-order chi connectivity index (χ1) is 9.72. The maximum Gasteiger partial charge on any atom is 0.169 e. The molecule has 2 nitrogen and oxygen atoms in total. The fraction of sp³-hybridized carbons (Fsp3) is 0.611. The molecule has 104 valence electrons. The number of Topliss-reactive ketones (excluding diaryl/α,β-unsaturated/α-hetero) is 1. The van der Waals surface area contributed by atoms with E-state index in [1.807, 2.05) is 30.3 Å². The lowest BCUT2D eigenvalue weighted by molar-refractivity contribution is -0.196. The average molecular weight is 268 g/mol. The lowest BCUT2D eigenvalue weighted by Gasteiger charge is -2.67. The molecule has 2 heteroatoms. The van der Waals surface area contributed by atoms with E-state index in [0.717, 1.165) is 17.4 Å². The highest BCUT2D eigenvalue weighted by atomic mass is 16.3. The molecule has 0 saturated heterocycles. The van der Waals surface area contributed by atoms with Crippen molar-refractivity contribution in [2.45, 2.75) is 31.8 Å². The molecule has 0 aliphatic heterocycles. The monoisotopic (exact) mass is 268 g/mol. The highest BCUT2D eigenvalue weighted by molar-refractivity contribution is 5.87. The molecule has 0 radical (unpaired) electrons. The minimum Gasteiger partial charge on any atom is -0.381 e. The summed E-state index contributed by atoms with van der Waals surface area (Å²) in [6, 6.07) is 9.44. The molecule has 7 unspecified atom stereocenters. The SMILES string of the molecule is O=C(C(O)c1ccccc1)C1C2CC3CC4CC1C34C2. The molecule has 1 N–H and O–H groups in total. The van der Waals surface area contributed by atoms with Crippen molar-refractivity contribution < 1.29 is 9.90 Å². The molecular weight excluding hydrogens is 248 g/mol. The third-order valence-corrected chi connectivity index (χ3v) is 7.18. The smallest absolute Gasteiger partial charge is 0.169 e. The van der Waals surface area contributed by atoms with Gasteiger partial charge >= 0.3 is 0 Å². The van der Waals surface area contributed by atoms with Crippen molar-refractivity contribution in [2.24, 2.45) is 35.0 Å². The first-order valence-corrected chi connectivity index (χ1v) is 7.98. The van der Waals surface area contributed by atoms with Crippen LogP contribution in [0.3, 0.4) is 0 Å². The molecule has 1 aromatic rings. The Labute approximate surface area is 119 Å². The van der Waals surface area contributed by atoms with Gasteiger partial charge in [0.15, 0.2) is 5.78 Å². The fourth-order valence-electron chi connectivity index (χ4n) is 6.44. The van der Waals surface area contributed by atoms with Gasteiger partial charge in [-0.25, -0.2) is 0 Å². The van der Waals surface area contributed by atoms with Crippen molar-refractivity contribution in [1.29, 1.82) is 0 Å². The largest absolute Gasteiger partial charge is 0.381 e. The minimum atomic E-state index is -0.908. The van der Waals surface area contributed by atoms with E-state index < -0.39 is 6.10 Å². The van der Waals surface area contributed by atoms with E-state index in [9.17, 15) is 9.90 Å². The summed E-state index contributed by atoms with van der Waals surface area (Å²) in [4.78, 5) is 12.8. The third kappa shape index (κ3) is 1.11. The van der Waals surface area contributed by atoms with E-state index in [2.05, 4.69) is 0 Å². The van der Waals surface area contributed by atoms with Gasteiger partial charge in [-0.2, -0.15) is 0 Å². The van der Waals surface area contributed by atoms with E-state index in [1.165, 1.54) is 25.7 Å². The van der Waals surface area contributed by atoms with Gasteiger partial charge in [-0.1, -0.05) is 30.3 Å². The van der Waals surface area contributed by atoms with E-state index in [-0.39, 0.29) is 11.7 Å². The summed E-state index contributed by atoms with van der Waals surface area (Å²) in [5.74, 6) is 3.28. The molecule has 1 aromatic carbocycles. The van der Waals surface area contributed by atoms with Crippen LogP contribution in [0.15, 0.2) is 30.3 Å². The lowest BCUT2D eigenvalue weighted by Crippen LogP contribution is -2.62. The molecule has 0 amide bonds. The van der Waals surface area contributed by atoms with Crippen LogP contribution in [0.5, 0.6) is 0 Å². The van der Waals surface area contributed by atoms with Crippen LogP contribution in [0, 0.1) is 35.0 Å². The molecule has 4 aliphatic rings. The van der Waals surface area contributed by atoms with Crippen LogP contribution in [0.1, 0.15) is 37.4 Å². The molecule has 4 aliphatic carbocycles. The molecule has 4 fully saturated rings. The van der Waals surface area contributed by atoms with E-state index >= 15 is 0 Å². The van der Waals surface area contributed by atoms with Crippen LogP contribution in [-0.4, -0.2) is 10.9 Å². The highest BCUT2D eigenvalue weighted by Gasteiger charge is 2.77. The van der Waals surface area contributed by atoms with Crippen molar-refractivity contribution in [3.8, 4) is 0 Å². The number of hydrogen-bond acceptors (Lipinski definition) is 2. The van der Waals surface area contributed by atoms with Gasteiger partial charge in [-0.15, -0.1) is 0 Å². The van der Waals surface area contributed by atoms with Crippen LogP contribution in [0.4, 0.5) is 0 Å². The summed E-state index contributed by atoms with van der Waals surface area (Å²) in [5.41, 5.74) is 1.32. The van der Waals surface area contributed by atoms with E-state index in [4.69, 9.17) is 0 Å². The predicted molar refractivity (Wildman–Crippen MR) is 74.8 cm³/mol. The number of fused-ring (bicyclic) bond motifs is 1. The van der Waals surface area contributed by atoms with Crippen LogP contribution in [-0.2, 0) is 4.79 Å². The van der Waals surface area contributed by atoms with Gasteiger partial charge < -0.3 is 5.11 Å². The Morgan fingerprint density at radius 1 is 1.15 bits per heavy atom. The van der Waals surface area contributed by atoms with Gasteiger partial charge in [0.2, 0.25) is 0 Å². The van der Waals surface area contributed by atoms with Gasteiger partial charge in [-0.05, 0) is 60.3 Å². The molecule has 4 saturated carbocycles. The number of benzene rings is 1. The average Bonchev–Trinajstić information content (AvgIpc) is 2.96. The van der Waals surface area contributed by atoms with Gasteiger partial charge in [0.05, 0.1) is 0 Å². The summed E-state index contributed by atoms with van der Waals surface area (Å²) in [6.07, 6.45) is 4.31. The minimum absolute atomic E-state index is 0.104. The summed E-state index contributed by atoms with van der Waals surface area (Å²) in [5, 5.41) is 10.4. The Morgan fingerprint density at radius 3 is 2.60 bits per heavy atom. The number of rotatable bonds is 3. The van der Waals surface area contributed by atoms with Gasteiger partial charge in [0.1, 0.15) is 6.10 Å². The maximum absolute atomic E-state index is 12.8. The highest BCUT2D eigenvalue weighted by Crippen LogP contribution is 2.82. The first-order valence-electron chi connectivity index (χ1n) is 7.98. The zero-order valence-electron chi connectivity index (χ0n) is 11.5. The molecule has 0 heterocycles. The topological polar surface area (TPSA) is 37.3 Å². The Bertz CT molecular complexity index is 580. The van der Waals surface area contributed by atoms with Crippen LogP contribution in [0.25, 0.3) is 0 Å². The number of hydrogen-bond donors (Lipinski definition) is 1. The summed E-state index contributed by atoms with van der Waals surface area (Å²) in [7, 11) is 0. The summed E-state index contributed by atoms with van der Waals surface area (Å²) in [6.45, 7) is 0. The molecule has 0 aromatic heterocycles. The quantitative estimate of drug-likeness (QED) is 0.915. The third-order valence-electron chi connectivity index (χ3n) is 7.18. The van der Waals surface area contributed by atoms with Crippen molar-refractivity contribution in [1.82, 2.24) is 0 Å². The Morgan fingerprint density at radius 2 is 1.90 bits per heavy atom. The van der Waals surface area contributed by atoms with Crippen LogP contribution >= 0.6 is 0 Å². The second-order valence-corrected chi connectivity index (χ2v) is 7.53. The predicted octanol–water partition coefficient (Wildman–Crippen LogP) is 2.97. The zero-order chi connectivity index (χ0) is 13.5. The summed E-state index contributed by atoms with van der Waals surface area (Å²) >= 11 is 0. The lowest BCUT2D eigenvalue weighted by atomic mass is 9.37. The van der Waals surface area contributed by atoms with Gasteiger partial charge in [0, 0.05) is 5.92 Å². The Balaban J connectivity index is 1.43. The molecular formula is C18H20O2. The van der Waals surface area contributed by atoms with Crippen LogP contribution < -0.4 is 0 Å². The zero-order valence-corrected chi connectivity index (χ0v) is 11.5. The van der Waals surface area contributed by atoms with Gasteiger partial charge in [0.25, 0.3) is 0 Å². The number of carbonyl (C=O) groups excluding carboxylic acids is 1. The maximum atomic E-state index is 12.8. The van der Waals surface area contributed by atoms with Gasteiger partial charge in [-0.3, -0.25) is 4.79 Å². The standard InChI is InChI=1S/C18H20O2/c19-16(10-4-2-1-3-5-10)17(20)15-11-6-12-7-13-8-14(15)18(12,13)9-11/h1-5,11-16,19H,6-9H2. The number of ketones is 1. The molecule has 7 atom stereocenters. The van der Waals surface area contributed by atoms with Crippen LogP contribution in [0.2, 0.25) is 0 Å². The Kier molecular flexibility index (Phi) is 2.03. The normalized spacial score (nSPS) is 48.1. The number of aliphatic hydroxyl groups excluding tert-OH is 1. The molecule has 1 spiro atoms. The number of carbonyl (C=O) groups is 1. The second-order valence-electron chi connectivity index (χ2n) is 7.53. The Hall–Kier alpha value is -1.15. The van der Waals surface area contributed by atoms with Crippen molar-refractivity contribution in [3.63, 3.8) is 0 Å². The molecule has 20 heavy (non-hydrogen) atoms. The second kappa shape index (κ2) is 3.54. The summed E-state index contributed by atoms with van der Waals surface area (Å²) < 4.78 is 0. The van der Waals surface area contributed by atoms with E-state index in [1.54, 1.807) is 0 Å². The van der Waals surface area contributed by atoms with Crippen molar-refractivity contribution >= 4 is 5.78 Å². The first kappa shape index (κ1) is 11.5. The van der Waals surface area contributed by atoms with Crippen molar-refractivity contribution in [3.05, 3.63) is 35.9 Å².